The van der Waals surface area contributed by atoms with Crippen LogP contribution < -0.4 is 0 Å². The highest BCUT2D eigenvalue weighted by molar-refractivity contribution is 5.68. The van der Waals surface area contributed by atoms with Crippen LogP contribution in [-0.4, -0.2) is 52.1 Å². The number of carbonyl (C=O) groups is 1. The number of amides is 1. The van der Waals surface area contributed by atoms with Gasteiger partial charge >= 0.3 is 6.09 Å². The Morgan fingerprint density at radius 1 is 1.47 bits per heavy atom. The maximum Gasteiger partial charge on any atom is 0.408 e. The van der Waals surface area contributed by atoms with E-state index < -0.39 is 6.09 Å². The summed E-state index contributed by atoms with van der Waals surface area (Å²) in [4.78, 5) is 13.3. The van der Waals surface area contributed by atoms with E-state index in [1.165, 1.54) is 0 Å². The van der Waals surface area contributed by atoms with Crippen LogP contribution in [0.2, 0.25) is 0 Å². The largest absolute Gasteiger partial charge is 0.465 e. The number of ether oxygens (including phenoxy) is 1. The number of rotatable bonds is 3. The molecule has 5 heteroatoms. The topological polar surface area (TPSA) is 70.0 Å². The van der Waals surface area contributed by atoms with Crippen molar-refractivity contribution in [2.24, 2.45) is 5.41 Å². The van der Waals surface area contributed by atoms with Gasteiger partial charge in [-0.05, 0) is 31.1 Å². The monoisotopic (exact) mass is 271 g/mol. The SMILES string of the molecule is CC(C)(C)[C@@]12CC[C@@H](C[C@H](OCCO)C1)N2C(=O)O. The number of piperidine rings is 1. The summed E-state index contributed by atoms with van der Waals surface area (Å²) in [6, 6.07) is 0.0640. The van der Waals surface area contributed by atoms with Gasteiger partial charge in [-0.2, -0.15) is 0 Å². The van der Waals surface area contributed by atoms with Crippen LogP contribution in [0.15, 0.2) is 0 Å². The number of aliphatic hydroxyl groups excluding tert-OH is 1. The summed E-state index contributed by atoms with van der Waals surface area (Å²) < 4.78 is 5.69. The molecule has 5 nitrogen and oxygen atoms in total. The van der Waals surface area contributed by atoms with Gasteiger partial charge in [0, 0.05) is 6.04 Å². The average molecular weight is 271 g/mol. The molecule has 1 amide bonds. The summed E-state index contributed by atoms with van der Waals surface area (Å²) in [6.07, 6.45) is 2.57. The second-order valence-corrected chi connectivity index (χ2v) is 6.78. The van der Waals surface area contributed by atoms with Gasteiger partial charge in [0.1, 0.15) is 0 Å². The lowest BCUT2D eigenvalue weighted by Crippen LogP contribution is -2.62. The molecule has 2 fully saturated rings. The van der Waals surface area contributed by atoms with Crippen LogP contribution in [0.25, 0.3) is 0 Å². The molecule has 2 N–H and O–H groups in total. The first-order valence-corrected chi connectivity index (χ1v) is 7.06. The first kappa shape index (κ1) is 14.6. The maximum absolute atomic E-state index is 11.6. The first-order chi connectivity index (χ1) is 8.82. The van der Waals surface area contributed by atoms with E-state index >= 15 is 0 Å². The molecule has 110 valence electrons. The molecule has 0 unspecified atom stereocenters. The Morgan fingerprint density at radius 3 is 2.68 bits per heavy atom. The Kier molecular flexibility index (Phi) is 3.80. The van der Waals surface area contributed by atoms with E-state index in [0.29, 0.717) is 6.61 Å². The Bertz CT molecular complexity index is 352. The predicted octanol–water partition coefficient (Wildman–Crippen LogP) is 2.08. The minimum Gasteiger partial charge on any atom is -0.465 e. The second kappa shape index (κ2) is 4.94. The van der Waals surface area contributed by atoms with E-state index in [1.807, 2.05) is 0 Å². The molecule has 0 aromatic rings. The van der Waals surface area contributed by atoms with E-state index in [-0.39, 0.29) is 29.7 Å². The highest BCUT2D eigenvalue weighted by atomic mass is 16.5. The second-order valence-electron chi connectivity index (χ2n) is 6.78. The lowest BCUT2D eigenvalue weighted by Gasteiger charge is -2.53. The van der Waals surface area contributed by atoms with Gasteiger partial charge in [0.05, 0.1) is 24.9 Å². The molecule has 0 spiro atoms. The summed E-state index contributed by atoms with van der Waals surface area (Å²) in [5.74, 6) is 0. The van der Waals surface area contributed by atoms with Crippen LogP contribution >= 0.6 is 0 Å². The molecule has 0 aromatic carbocycles. The molecule has 2 heterocycles. The van der Waals surface area contributed by atoms with E-state index in [9.17, 15) is 9.90 Å². The van der Waals surface area contributed by atoms with Crippen LogP contribution in [0.3, 0.4) is 0 Å². The number of aliphatic hydroxyl groups is 1. The molecular weight excluding hydrogens is 246 g/mol. The minimum atomic E-state index is -0.807. The van der Waals surface area contributed by atoms with Gasteiger partial charge in [-0.3, -0.25) is 4.90 Å². The van der Waals surface area contributed by atoms with Crippen molar-refractivity contribution in [1.82, 2.24) is 4.90 Å². The zero-order valence-electron chi connectivity index (χ0n) is 12.1. The molecule has 3 atom stereocenters. The Morgan fingerprint density at radius 2 is 2.16 bits per heavy atom. The van der Waals surface area contributed by atoms with Crippen molar-refractivity contribution in [1.29, 1.82) is 0 Å². The van der Waals surface area contributed by atoms with Crippen molar-refractivity contribution in [3.8, 4) is 0 Å². The Hall–Kier alpha value is -0.810. The minimum absolute atomic E-state index is 0.0202. The standard InChI is InChI=1S/C14H25NO4/c1-13(2,3)14-5-4-10(15(14)12(17)18)8-11(9-14)19-7-6-16/h10-11,16H,4-9H2,1-3H3,(H,17,18)/t10-,11-,14+/m0/s1. The summed E-state index contributed by atoms with van der Waals surface area (Å²) in [5.41, 5.74) is -0.441. The van der Waals surface area contributed by atoms with E-state index in [2.05, 4.69) is 20.8 Å². The molecule has 0 radical (unpaired) electrons. The number of nitrogens with zero attached hydrogens (tertiary/aromatic N) is 1. The molecule has 2 saturated heterocycles. The van der Waals surface area contributed by atoms with Crippen LogP contribution in [-0.2, 0) is 4.74 Å². The van der Waals surface area contributed by atoms with Crippen molar-refractivity contribution in [3.63, 3.8) is 0 Å². The maximum atomic E-state index is 11.6. The third-order valence-corrected chi connectivity index (χ3v) is 4.86. The highest BCUT2D eigenvalue weighted by Gasteiger charge is 2.59. The third kappa shape index (κ3) is 2.34. The molecular formula is C14H25NO4. The van der Waals surface area contributed by atoms with Crippen LogP contribution in [0.4, 0.5) is 4.79 Å². The number of fused-ring (bicyclic) bond motifs is 2. The lowest BCUT2D eigenvalue weighted by atomic mass is 9.68. The van der Waals surface area contributed by atoms with Gasteiger partial charge in [0.2, 0.25) is 0 Å². The quantitative estimate of drug-likeness (QED) is 0.824. The number of hydrogen-bond acceptors (Lipinski definition) is 3. The van der Waals surface area contributed by atoms with E-state index in [4.69, 9.17) is 9.84 Å². The Labute approximate surface area is 114 Å². The van der Waals surface area contributed by atoms with Gasteiger partial charge < -0.3 is 14.9 Å². The fraction of sp³-hybridized carbons (Fsp3) is 0.929. The molecule has 0 aliphatic carbocycles. The van der Waals surface area contributed by atoms with Crippen molar-refractivity contribution < 1.29 is 19.7 Å². The molecule has 2 aliphatic heterocycles. The van der Waals surface area contributed by atoms with Crippen molar-refractivity contribution in [2.45, 2.75) is 64.1 Å². The summed E-state index contributed by atoms with van der Waals surface area (Å²) in [7, 11) is 0. The smallest absolute Gasteiger partial charge is 0.408 e. The summed E-state index contributed by atoms with van der Waals surface area (Å²) in [6.45, 7) is 6.69. The van der Waals surface area contributed by atoms with Gasteiger partial charge in [-0.15, -0.1) is 0 Å². The third-order valence-electron chi connectivity index (χ3n) is 4.86. The molecule has 2 bridgehead atoms. The van der Waals surface area contributed by atoms with Crippen LogP contribution in [0, 0.1) is 5.41 Å². The van der Waals surface area contributed by atoms with Gasteiger partial charge in [-0.25, -0.2) is 4.79 Å². The molecule has 2 aliphatic rings. The lowest BCUT2D eigenvalue weighted by molar-refractivity contribution is -0.0870. The molecule has 2 rings (SSSR count). The Balaban J connectivity index is 2.26. The van der Waals surface area contributed by atoms with Crippen LogP contribution in [0.1, 0.15) is 46.5 Å². The fourth-order valence-corrected chi connectivity index (χ4v) is 3.92. The predicted molar refractivity (Wildman–Crippen MR) is 71.1 cm³/mol. The van der Waals surface area contributed by atoms with E-state index in [1.54, 1.807) is 4.90 Å². The van der Waals surface area contributed by atoms with E-state index in [0.717, 1.165) is 25.7 Å². The highest BCUT2D eigenvalue weighted by Crippen LogP contribution is 2.53. The molecule has 19 heavy (non-hydrogen) atoms. The van der Waals surface area contributed by atoms with Crippen LogP contribution in [0.5, 0.6) is 0 Å². The number of hydrogen-bond donors (Lipinski definition) is 2. The summed E-state index contributed by atoms with van der Waals surface area (Å²) >= 11 is 0. The van der Waals surface area contributed by atoms with Crippen molar-refractivity contribution in [2.75, 3.05) is 13.2 Å². The first-order valence-electron chi connectivity index (χ1n) is 7.06. The average Bonchev–Trinajstić information content (AvgIpc) is 2.56. The van der Waals surface area contributed by atoms with Gasteiger partial charge in [0.25, 0.3) is 0 Å². The zero-order chi connectivity index (χ0) is 14.3. The number of carboxylic acid groups (broad SMARTS) is 1. The molecule has 0 saturated carbocycles. The fourth-order valence-electron chi connectivity index (χ4n) is 3.92. The van der Waals surface area contributed by atoms with Gasteiger partial charge in [-0.1, -0.05) is 20.8 Å². The van der Waals surface area contributed by atoms with Crippen molar-refractivity contribution in [3.05, 3.63) is 0 Å². The zero-order valence-corrected chi connectivity index (χ0v) is 12.1. The normalized spacial score (nSPS) is 34.6. The van der Waals surface area contributed by atoms with Crippen molar-refractivity contribution >= 4 is 6.09 Å². The van der Waals surface area contributed by atoms with Gasteiger partial charge in [0.15, 0.2) is 0 Å². The summed E-state index contributed by atoms with van der Waals surface area (Å²) in [5, 5.41) is 18.4. The molecule has 0 aromatic heterocycles.